The quantitative estimate of drug-likeness (QED) is 0.920. The lowest BCUT2D eigenvalue weighted by Gasteiger charge is -2.34. The second-order valence-corrected chi connectivity index (χ2v) is 6.79. The van der Waals surface area contributed by atoms with Crippen molar-refractivity contribution >= 4 is 11.3 Å². The Morgan fingerprint density at radius 1 is 1.23 bits per heavy atom. The number of aliphatic hydroxyl groups excluding tert-OH is 1. The van der Waals surface area contributed by atoms with Gasteiger partial charge in [0.05, 0.1) is 6.10 Å². The predicted octanol–water partition coefficient (Wildman–Crippen LogP) is 3.97. The Morgan fingerprint density at radius 2 is 2.00 bits per heavy atom. The Morgan fingerprint density at radius 3 is 2.64 bits per heavy atom. The van der Waals surface area contributed by atoms with Gasteiger partial charge in [-0.25, -0.2) is 8.78 Å². The van der Waals surface area contributed by atoms with E-state index in [1.807, 2.05) is 17.5 Å². The van der Waals surface area contributed by atoms with E-state index >= 15 is 0 Å². The van der Waals surface area contributed by atoms with Crippen LogP contribution in [-0.4, -0.2) is 23.1 Å². The van der Waals surface area contributed by atoms with Crippen LogP contribution in [0.4, 0.5) is 8.78 Å². The van der Waals surface area contributed by atoms with Crippen LogP contribution in [0.15, 0.2) is 35.7 Å². The summed E-state index contributed by atoms with van der Waals surface area (Å²) in [5.74, 6) is -0.771. The van der Waals surface area contributed by atoms with E-state index in [0.717, 1.165) is 36.9 Å². The fourth-order valence-electron chi connectivity index (χ4n) is 3.01. The van der Waals surface area contributed by atoms with Crippen LogP contribution in [0.1, 0.15) is 29.4 Å². The normalized spacial score (nSPS) is 18.5. The van der Waals surface area contributed by atoms with Crippen molar-refractivity contribution in [2.75, 3.05) is 13.1 Å². The summed E-state index contributed by atoms with van der Waals surface area (Å²) in [7, 11) is 0. The van der Waals surface area contributed by atoms with Crippen molar-refractivity contribution < 1.29 is 13.9 Å². The van der Waals surface area contributed by atoms with Crippen molar-refractivity contribution in [3.8, 4) is 0 Å². The molecule has 22 heavy (non-hydrogen) atoms. The van der Waals surface area contributed by atoms with E-state index in [2.05, 4.69) is 4.90 Å². The Hall–Kier alpha value is -1.30. The first-order valence-corrected chi connectivity index (χ1v) is 8.39. The number of benzene rings is 1. The standard InChI is InChI=1S/C17H19F2NOS/c18-14-4-3-13(15(19)10-14)11-20-7-5-12(6-8-20)17(21)16-2-1-9-22-16/h1-4,9-10,12,17,21H,5-8,11H2. The maximum absolute atomic E-state index is 13.7. The smallest absolute Gasteiger partial charge is 0.130 e. The van der Waals surface area contributed by atoms with Crippen LogP contribution in [0.25, 0.3) is 0 Å². The van der Waals surface area contributed by atoms with E-state index in [9.17, 15) is 13.9 Å². The first-order valence-electron chi connectivity index (χ1n) is 7.51. The van der Waals surface area contributed by atoms with Gasteiger partial charge in [0.25, 0.3) is 0 Å². The van der Waals surface area contributed by atoms with Crippen LogP contribution in [0.3, 0.4) is 0 Å². The SMILES string of the molecule is OC(c1cccs1)C1CCN(Cc2ccc(F)cc2F)CC1. The largest absolute Gasteiger partial charge is 0.387 e. The second-order valence-electron chi connectivity index (χ2n) is 5.81. The highest BCUT2D eigenvalue weighted by Crippen LogP contribution is 2.33. The minimum atomic E-state index is -0.543. The Labute approximate surface area is 133 Å². The number of hydrogen-bond donors (Lipinski definition) is 1. The Bertz CT molecular complexity index is 609. The molecule has 5 heteroatoms. The molecule has 2 nitrogen and oxygen atoms in total. The van der Waals surface area contributed by atoms with Gasteiger partial charge in [-0.15, -0.1) is 11.3 Å². The summed E-state index contributed by atoms with van der Waals surface area (Å²) in [6.45, 7) is 2.14. The van der Waals surface area contributed by atoms with Gasteiger partial charge in [-0.05, 0) is 49.4 Å². The van der Waals surface area contributed by atoms with Crippen LogP contribution in [-0.2, 0) is 6.54 Å². The van der Waals surface area contributed by atoms with Gasteiger partial charge < -0.3 is 5.11 Å². The number of piperidine rings is 1. The Kier molecular flexibility index (Phi) is 4.86. The van der Waals surface area contributed by atoms with Crippen LogP contribution < -0.4 is 0 Å². The summed E-state index contributed by atoms with van der Waals surface area (Å²) in [4.78, 5) is 3.18. The zero-order valence-corrected chi connectivity index (χ0v) is 13.0. The number of likely N-dealkylation sites (tertiary alicyclic amines) is 1. The third kappa shape index (κ3) is 3.54. The fraction of sp³-hybridized carbons (Fsp3) is 0.412. The van der Waals surface area contributed by atoms with Crippen LogP contribution in [0.2, 0.25) is 0 Å². The summed E-state index contributed by atoms with van der Waals surface area (Å²) < 4.78 is 26.6. The maximum Gasteiger partial charge on any atom is 0.130 e. The highest BCUT2D eigenvalue weighted by atomic mass is 32.1. The van der Waals surface area contributed by atoms with Gasteiger partial charge in [0.2, 0.25) is 0 Å². The molecule has 0 amide bonds. The highest BCUT2D eigenvalue weighted by molar-refractivity contribution is 7.10. The lowest BCUT2D eigenvalue weighted by Crippen LogP contribution is -2.35. The molecule has 1 aromatic heterocycles. The lowest BCUT2D eigenvalue weighted by atomic mass is 9.90. The van der Waals surface area contributed by atoms with Gasteiger partial charge in [0.1, 0.15) is 11.6 Å². The van der Waals surface area contributed by atoms with Crippen molar-refractivity contribution in [1.82, 2.24) is 4.90 Å². The maximum atomic E-state index is 13.7. The predicted molar refractivity (Wildman–Crippen MR) is 83.6 cm³/mol. The number of aliphatic hydroxyl groups is 1. The van der Waals surface area contributed by atoms with Crippen LogP contribution >= 0.6 is 11.3 Å². The van der Waals surface area contributed by atoms with Gasteiger partial charge >= 0.3 is 0 Å². The van der Waals surface area contributed by atoms with Gasteiger partial charge in [-0.1, -0.05) is 12.1 Å². The molecule has 1 unspecified atom stereocenters. The molecular weight excluding hydrogens is 304 g/mol. The third-order valence-corrected chi connectivity index (χ3v) is 5.27. The second kappa shape index (κ2) is 6.86. The summed E-state index contributed by atoms with van der Waals surface area (Å²) >= 11 is 1.58. The molecule has 2 aromatic rings. The van der Waals surface area contributed by atoms with Crippen LogP contribution in [0.5, 0.6) is 0 Å². The highest BCUT2D eigenvalue weighted by Gasteiger charge is 2.27. The minimum Gasteiger partial charge on any atom is -0.387 e. The molecule has 0 bridgehead atoms. The zero-order valence-electron chi connectivity index (χ0n) is 12.2. The summed E-state index contributed by atoms with van der Waals surface area (Å²) in [6.07, 6.45) is 1.38. The molecule has 1 aromatic carbocycles. The monoisotopic (exact) mass is 323 g/mol. The number of thiophene rings is 1. The molecule has 1 saturated heterocycles. The average molecular weight is 323 g/mol. The lowest BCUT2D eigenvalue weighted by molar-refractivity contribution is 0.0587. The molecule has 1 atom stereocenters. The number of hydrogen-bond acceptors (Lipinski definition) is 3. The van der Waals surface area contributed by atoms with E-state index in [-0.39, 0.29) is 5.92 Å². The van der Waals surface area contributed by atoms with Gasteiger partial charge in [-0.2, -0.15) is 0 Å². The van der Waals surface area contributed by atoms with Crippen molar-refractivity contribution in [2.24, 2.45) is 5.92 Å². The van der Waals surface area contributed by atoms with E-state index in [1.54, 1.807) is 11.3 Å². The third-order valence-electron chi connectivity index (χ3n) is 4.32. The molecule has 3 rings (SSSR count). The Balaban J connectivity index is 1.55. The first kappa shape index (κ1) is 15.6. The molecule has 0 spiro atoms. The van der Waals surface area contributed by atoms with E-state index in [0.29, 0.717) is 12.1 Å². The van der Waals surface area contributed by atoms with E-state index in [4.69, 9.17) is 0 Å². The summed E-state index contributed by atoms with van der Waals surface area (Å²) in [5, 5.41) is 12.4. The van der Waals surface area contributed by atoms with E-state index < -0.39 is 17.7 Å². The minimum absolute atomic E-state index is 0.257. The molecule has 0 aliphatic carbocycles. The molecule has 1 aliphatic rings. The molecule has 1 aliphatic heterocycles. The topological polar surface area (TPSA) is 23.5 Å². The molecular formula is C17H19F2NOS. The van der Waals surface area contributed by atoms with Crippen molar-refractivity contribution in [2.45, 2.75) is 25.5 Å². The fourth-order valence-corrected chi connectivity index (χ4v) is 3.81. The van der Waals surface area contributed by atoms with E-state index in [1.165, 1.54) is 12.1 Å². The van der Waals surface area contributed by atoms with Gasteiger partial charge in [0.15, 0.2) is 0 Å². The van der Waals surface area contributed by atoms with Crippen molar-refractivity contribution in [1.29, 1.82) is 0 Å². The average Bonchev–Trinajstić information content (AvgIpc) is 3.04. The van der Waals surface area contributed by atoms with Crippen molar-refractivity contribution in [3.05, 3.63) is 57.8 Å². The zero-order chi connectivity index (χ0) is 15.5. The number of rotatable bonds is 4. The molecule has 1 N–H and O–H groups in total. The number of nitrogens with zero attached hydrogens (tertiary/aromatic N) is 1. The molecule has 118 valence electrons. The number of halogens is 2. The van der Waals surface area contributed by atoms with Gasteiger partial charge in [-0.3, -0.25) is 4.90 Å². The first-order chi connectivity index (χ1) is 10.6. The summed E-state index contributed by atoms with van der Waals surface area (Å²) in [5.41, 5.74) is 0.527. The molecule has 1 fully saturated rings. The van der Waals surface area contributed by atoms with Crippen LogP contribution in [0, 0.1) is 17.6 Å². The summed E-state index contributed by atoms with van der Waals surface area (Å²) in [6, 6.07) is 7.66. The molecule has 0 saturated carbocycles. The molecule has 2 heterocycles. The van der Waals surface area contributed by atoms with Gasteiger partial charge in [0, 0.05) is 23.1 Å². The molecule has 0 radical (unpaired) electrons. The van der Waals surface area contributed by atoms with Crippen molar-refractivity contribution in [3.63, 3.8) is 0 Å².